The van der Waals surface area contributed by atoms with Crippen LogP contribution in [0, 0.1) is 0 Å². The third kappa shape index (κ3) is 3.45. The molecule has 0 saturated heterocycles. The maximum Gasteiger partial charge on any atom is 0.239 e. The Bertz CT molecular complexity index is 765. The number of fused-ring (bicyclic) bond motifs is 1. The third-order valence-electron chi connectivity index (χ3n) is 2.92. The summed E-state index contributed by atoms with van der Waals surface area (Å²) in [5.74, 6) is -0.0805. The second kappa shape index (κ2) is 6.72. The largest absolute Gasteiger partial charge is 0.300 e. The van der Waals surface area contributed by atoms with Gasteiger partial charge in [-0.05, 0) is 25.5 Å². The molecule has 0 radical (unpaired) electrons. The minimum Gasteiger partial charge on any atom is -0.300 e. The molecule has 0 aliphatic carbocycles. The number of hydrogen-bond donors (Lipinski definition) is 1. The quantitative estimate of drug-likeness (QED) is 0.708. The van der Waals surface area contributed by atoms with Crippen LogP contribution in [0.15, 0.2) is 28.6 Å². The molecule has 114 valence electrons. The van der Waals surface area contributed by atoms with Gasteiger partial charge in [0, 0.05) is 0 Å². The molecule has 22 heavy (non-hydrogen) atoms. The highest BCUT2D eigenvalue weighted by atomic mass is 32.2. The Labute approximate surface area is 140 Å². The highest BCUT2D eigenvalue weighted by molar-refractivity contribution is 8.02. The van der Waals surface area contributed by atoms with Crippen LogP contribution in [0.5, 0.6) is 0 Å². The Hall–Kier alpha value is -1.51. The van der Waals surface area contributed by atoms with Crippen LogP contribution in [0.2, 0.25) is 0 Å². The lowest BCUT2D eigenvalue weighted by Gasteiger charge is -2.07. The van der Waals surface area contributed by atoms with Gasteiger partial charge in [-0.2, -0.15) is 0 Å². The predicted octanol–water partition coefficient (Wildman–Crippen LogP) is 3.83. The van der Waals surface area contributed by atoms with Crippen LogP contribution in [-0.2, 0) is 11.2 Å². The van der Waals surface area contributed by atoms with Crippen molar-refractivity contribution in [2.24, 2.45) is 0 Å². The van der Waals surface area contributed by atoms with E-state index in [1.54, 1.807) is 11.3 Å². The van der Waals surface area contributed by atoms with Crippen molar-refractivity contribution >= 4 is 55.7 Å². The number of amides is 1. The van der Waals surface area contributed by atoms with Gasteiger partial charge in [-0.25, -0.2) is 4.98 Å². The molecule has 1 atom stereocenters. The monoisotopic (exact) mass is 350 g/mol. The van der Waals surface area contributed by atoms with Gasteiger partial charge in [0.2, 0.25) is 11.0 Å². The molecule has 0 aliphatic rings. The number of hydrogen-bond acceptors (Lipinski definition) is 7. The number of nitrogens with one attached hydrogen (secondary N) is 1. The van der Waals surface area contributed by atoms with Crippen molar-refractivity contribution in [2.45, 2.75) is 29.9 Å². The zero-order valence-corrected chi connectivity index (χ0v) is 14.5. The first-order valence-corrected chi connectivity index (χ1v) is 9.32. The molecule has 0 saturated carbocycles. The molecule has 1 amide bonds. The molecule has 3 rings (SSSR count). The summed E-state index contributed by atoms with van der Waals surface area (Å²) in [5.41, 5.74) is 0.972. The number of aryl methyl sites for hydroxylation is 1. The first-order valence-electron chi connectivity index (χ1n) is 6.81. The predicted molar refractivity (Wildman–Crippen MR) is 92.9 cm³/mol. The summed E-state index contributed by atoms with van der Waals surface area (Å²) in [7, 11) is 0. The summed E-state index contributed by atoms with van der Waals surface area (Å²) in [6.07, 6.45) is 0.823. The van der Waals surface area contributed by atoms with E-state index in [9.17, 15) is 4.79 Å². The van der Waals surface area contributed by atoms with Crippen LogP contribution >= 0.6 is 34.4 Å². The molecule has 8 heteroatoms. The van der Waals surface area contributed by atoms with E-state index < -0.39 is 0 Å². The number of benzene rings is 1. The fourth-order valence-electron chi connectivity index (χ4n) is 1.76. The summed E-state index contributed by atoms with van der Waals surface area (Å²) < 4.78 is 2.03. The van der Waals surface area contributed by atoms with E-state index in [1.165, 1.54) is 23.1 Å². The number of para-hydroxylation sites is 1. The summed E-state index contributed by atoms with van der Waals surface area (Å²) >= 11 is 4.48. The molecule has 2 heterocycles. The van der Waals surface area contributed by atoms with Crippen LogP contribution in [0.4, 0.5) is 5.13 Å². The summed E-state index contributed by atoms with van der Waals surface area (Å²) in [6.45, 7) is 3.88. The first-order chi connectivity index (χ1) is 10.7. The molecule has 1 N–H and O–H groups in total. The molecule has 0 aliphatic heterocycles. The second-order valence-corrected chi connectivity index (χ2v) is 8.23. The van der Waals surface area contributed by atoms with Gasteiger partial charge in [0.05, 0.1) is 15.5 Å². The lowest BCUT2D eigenvalue weighted by atomic mass is 10.3. The van der Waals surface area contributed by atoms with Gasteiger partial charge in [-0.15, -0.1) is 21.5 Å². The average molecular weight is 350 g/mol. The van der Waals surface area contributed by atoms with Gasteiger partial charge in [0.25, 0.3) is 0 Å². The first kappa shape index (κ1) is 15.4. The molecule has 1 aromatic carbocycles. The van der Waals surface area contributed by atoms with E-state index in [0.29, 0.717) is 5.13 Å². The zero-order valence-electron chi connectivity index (χ0n) is 12.1. The smallest absolute Gasteiger partial charge is 0.239 e. The van der Waals surface area contributed by atoms with Crippen molar-refractivity contribution in [1.29, 1.82) is 0 Å². The fourth-order valence-corrected chi connectivity index (χ4v) is 4.65. The lowest BCUT2D eigenvalue weighted by molar-refractivity contribution is -0.115. The Morgan fingerprint density at radius 2 is 2.14 bits per heavy atom. The molecule has 5 nitrogen and oxygen atoms in total. The van der Waals surface area contributed by atoms with E-state index >= 15 is 0 Å². The van der Waals surface area contributed by atoms with Gasteiger partial charge in [0.15, 0.2) is 4.34 Å². The van der Waals surface area contributed by atoms with E-state index in [4.69, 9.17) is 0 Å². The van der Waals surface area contributed by atoms with Crippen molar-refractivity contribution < 1.29 is 4.79 Å². The molecule has 0 spiro atoms. The number of carbonyl (C=O) groups excluding carboxylic acids is 1. The van der Waals surface area contributed by atoms with Crippen molar-refractivity contribution in [2.75, 3.05) is 5.32 Å². The van der Waals surface area contributed by atoms with Crippen molar-refractivity contribution in [3.63, 3.8) is 0 Å². The maximum absolute atomic E-state index is 12.2. The highest BCUT2D eigenvalue weighted by Crippen LogP contribution is 2.32. The van der Waals surface area contributed by atoms with Crippen molar-refractivity contribution in [1.82, 2.24) is 15.2 Å². The van der Waals surface area contributed by atoms with Crippen LogP contribution in [-0.4, -0.2) is 26.3 Å². The van der Waals surface area contributed by atoms with Gasteiger partial charge >= 0.3 is 0 Å². The number of nitrogens with zero attached hydrogens (tertiary/aromatic N) is 3. The van der Waals surface area contributed by atoms with Crippen LogP contribution in [0.1, 0.15) is 18.9 Å². The number of aromatic nitrogens is 3. The molecule has 0 unspecified atom stereocenters. The number of rotatable bonds is 5. The van der Waals surface area contributed by atoms with Crippen molar-refractivity contribution in [3.05, 3.63) is 29.3 Å². The van der Waals surface area contributed by atoms with Gasteiger partial charge in [-0.1, -0.05) is 42.2 Å². The number of thioether (sulfide) groups is 1. The third-order valence-corrected chi connectivity index (χ3v) is 6.13. The normalized spacial score (nSPS) is 12.5. The number of carbonyl (C=O) groups is 1. The molecule has 0 bridgehead atoms. The van der Waals surface area contributed by atoms with Gasteiger partial charge in [-0.3, -0.25) is 10.1 Å². The Balaban J connectivity index is 1.65. The lowest BCUT2D eigenvalue weighted by Crippen LogP contribution is -2.22. The molecule has 2 aromatic heterocycles. The molecule has 3 aromatic rings. The summed E-state index contributed by atoms with van der Waals surface area (Å²) in [6, 6.07) is 7.97. The molecular formula is C14H14N4OS3. The maximum atomic E-state index is 12.2. The Kier molecular flexibility index (Phi) is 4.70. The number of thiazole rings is 1. The minimum absolute atomic E-state index is 0.0805. The summed E-state index contributed by atoms with van der Waals surface area (Å²) in [4.78, 5) is 16.7. The van der Waals surface area contributed by atoms with E-state index in [0.717, 1.165) is 26.0 Å². The Morgan fingerprint density at radius 3 is 2.86 bits per heavy atom. The molecular weight excluding hydrogens is 336 g/mol. The fraction of sp³-hybridized carbons (Fsp3) is 0.286. The van der Waals surface area contributed by atoms with Crippen molar-refractivity contribution in [3.8, 4) is 0 Å². The molecule has 0 fully saturated rings. The van der Waals surface area contributed by atoms with Crippen LogP contribution in [0.25, 0.3) is 10.2 Å². The van der Waals surface area contributed by atoms with Gasteiger partial charge in [0.1, 0.15) is 5.01 Å². The number of anilines is 1. The van der Waals surface area contributed by atoms with E-state index in [-0.39, 0.29) is 11.2 Å². The Morgan fingerprint density at radius 1 is 1.32 bits per heavy atom. The van der Waals surface area contributed by atoms with Crippen LogP contribution < -0.4 is 5.32 Å². The highest BCUT2D eigenvalue weighted by Gasteiger charge is 2.18. The SMILES string of the molecule is CCc1nnc(NC(=O)[C@H](C)Sc2nc3ccccc3s2)s1. The topological polar surface area (TPSA) is 67.8 Å². The standard InChI is InChI=1S/C14H14N4OS3/c1-3-11-17-18-13(22-11)16-12(19)8(2)20-14-15-9-6-4-5-7-10(9)21-14/h4-8H,3H2,1-2H3,(H,16,18,19)/t8-/m0/s1. The average Bonchev–Trinajstić information content (AvgIpc) is 3.12. The minimum atomic E-state index is -0.241. The zero-order chi connectivity index (χ0) is 15.5. The van der Waals surface area contributed by atoms with E-state index in [2.05, 4.69) is 20.5 Å². The second-order valence-electron chi connectivity index (χ2n) is 4.55. The van der Waals surface area contributed by atoms with Crippen LogP contribution in [0.3, 0.4) is 0 Å². The van der Waals surface area contributed by atoms with E-state index in [1.807, 2.05) is 38.1 Å². The summed E-state index contributed by atoms with van der Waals surface area (Å²) in [5, 5.41) is 12.0. The van der Waals surface area contributed by atoms with Gasteiger partial charge < -0.3 is 0 Å².